The van der Waals surface area contributed by atoms with Crippen LogP contribution in [0.25, 0.3) is 0 Å². The van der Waals surface area contributed by atoms with Crippen LogP contribution in [0.4, 0.5) is 0 Å². The van der Waals surface area contributed by atoms with Gasteiger partial charge in [-0.15, -0.1) is 0 Å². The number of nitrogens with one attached hydrogen (secondary N) is 1. The van der Waals surface area contributed by atoms with Crippen molar-refractivity contribution < 1.29 is 9.47 Å². The Kier molecular flexibility index (Phi) is 3.42. The third kappa shape index (κ3) is 3.01. The first-order valence-electron chi connectivity index (χ1n) is 7.22. The molecule has 0 aromatic carbocycles. The van der Waals surface area contributed by atoms with Gasteiger partial charge in [0.15, 0.2) is 0 Å². The predicted octanol–water partition coefficient (Wildman–Crippen LogP) is 2.10. The van der Waals surface area contributed by atoms with Gasteiger partial charge in [-0.25, -0.2) is 0 Å². The molecule has 1 aliphatic carbocycles. The first-order valence-corrected chi connectivity index (χ1v) is 7.22. The molecular weight excluding hydrogens is 214 g/mol. The van der Waals surface area contributed by atoms with Gasteiger partial charge in [0.2, 0.25) is 0 Å². The Bertz CT molecular complexity index is 259. The number of hydrogen-bond donors (Lipinski definition) is 1. The van der Waals surface area contributed by atoms with Crippen molar-refractivity contribution in [3.63, 3.8) is 0 Å². The minimum atomic E-state index is 0.358. The predicted molar refractivity (Wildman–Crippen MR) is 67.1 cm³/mol. The molecule has 2 saturated heterocycles. The van der Waals surface area contributed by atoms with E-state index in [9.17, 15) is 0 Å². The van der Waals surface area contributed by atoms with E-state index in [0.717, 1.165) is 25.8 Å². The summed E-state index contributed by atoms with van der Waals surface area (Å²) in [5.74, 6) is 0. The van der Waals surface area contributed by atoms with Crippen molar-refractivity contribution in [2.75, 3.05) is 19.8 Å². The summed E-state index contributed by atoms with van der Waals surface area (Å²) in [7, 11) is 0. The first-order chi connectivity index (χ1) is 8.26. The van der Waals surface area contributed by atoms with Crippen LogP contribution >= 0.6 is 0 Å². The molecule has 0 aromatic rings. The second-order valence-corrected chi connectivity index (χ2v) is 6.31. The molecule has 3 rings (SSSR count). The molecule has 3 atom stereocenters. The van der Waals surface area contributed by atoms with Crippen molar-refractivity contribution in [1.82, 2.24) is 5.32 Å². The molecule has 0 amide bonds. The maximum atomic E-state index is 5.99. The summed E-state index contributed by atoms with van der Waals surface area (Å²) < 4.78 is 11.6. The Morgan fingerprint density at radius 2 is 2.12 bits per heavy atom. The molecule has 1 saturated carbocycles. The van der Waals surface area contributed by atoms with Crippen molar-refractivity contribution in [2.45, 2.75) is 63.7 Å². The molecule has 2 aliphatic heterocycles. The second-order valence-electron chi connectivity index (χ2n) is 6.31. The highest BCUT2D eigenvalue weighted by atomic mass is 16.5. The summed E-state index contributed by atoms with van der Waals surface area (Å²) >= 11 is 0. The standard InChI is InChI=1S/C14H25NO2/c1-11-2-5-13(17-11)8-14(6-7-16-10-14)9-15-12-3-4-12/h11-13,15H,2-10H2,1H3. The highest BCUT2D eigenvalue weighted by Crippen LogP contribution is 2.38. The van der Waals surface area contributed by atoms with Gasteiger partial charge in [0.1, 0.15) is 0 Å². The largest absolute Gasteiger partial charge is 0.381 e. The molecule has 0 aromatic heterocycles. The monoisotopic (exact) mass is 239 g/mol. The fraction of sp³-hybridized carbons (Fsp3) is 1.00. The average Bonchev–Trinajstić information content (AvgIpc) is 2.90. The van der Waals surface area contributed by atoms with E-state index in [-0.39, 0.29) is 0 Å². The number of rotatable bonds is 5. The van der Waals surface area contributed by atoms with E-state index in [0.29, 0.717) is 17.6 Å². The lowest BCUT2D eigenvalue weighted by Gasteiger charge is -2.30. The molecule has 0 bridgehead atoms. The zero-order valence-electron chi connectivity index (χ0n) is 10.9. The molecule has 3 unspecified atom stereocenters. The highest BCUT2D eigenvalue weighted by Gasteiger charge is 2.40. The van der Waals surface area contributed by atoms with E-state index in [4.69, 9.17) is 9.47 Å². The van der Waals surface area contributed by atoms with Crippen molar-refractivity contribution >= 4 is 0 Å². The topological polar surface area (TPSA) is 30.5 Å². The molecule has 98 valence electrons. The van der Waals surface area contributed by atoms with Gasteiger partial charge in [0.05, 0.1) is 18.8 Å². The van der Waals surface area contributed by atoms with Crippen LogP contribution in [0.15, 0.2) is 0 Å². The Labute approximate surface area is 104 Å². The summed E-state index contributed by atoms with van der Waals surface area (Å²) in [5, 5.41) is 3.69. The van der Waals surface area contributed by atoms with E-state index in [1.165, 1.54) is 38.5 Å². The SMILES string of the molecule is CC1CCC(CC2(CNC3CC3)CCOC2)O1. The molecule has 0 spiro atoms. The van der Waals surface area contributed by atoms with Crippen molar-refractivity contribution in [1.29, 1.82) is 0 Å². The lowest BCUT2D eigenvalue weighted by atomic mass is 9.81. The van der Waals surface area contributed by atoms with Gasteiger partial charge in [-0.05, 0) is 45.4 Å². The fourth-order valence-corrected chi connectivity index (χ4v) is 3.19. The zero-order chi connectivity index (χ0) is 11.7. The van der Waals surface area contributed by atoms with Crippen LogP contribution in [-0.2, 0) is 9.47 Å². The smallest absolute Gasteiger partial charge is 0.0586 e. The first kappa shape index (κ1) is 11.9. The van der Waals surface area contributed by atoms with Gasteiger partial charge in [-0.2, -0.15) is 0 Å². The molecule has 2 heterocycles. The quantitative estimate of drug-likeness (QED) is 0.797. The Morgan fingerprint density at radius 3 is 2.71 bits per heavy atom. The molecule has 3 aliphatic rings. The van der Waals surface area contributed by atoms with Gasteiger partial charge in [0.25, 0.3) is 0 Å². The van der Waals surface area contributed by atoms with Crippen molar-refractivity contribution in [3.05, 3.63) is 0 Å². The molecule has 3 nitrogen and oxygen atoms in total. The average molecular weight is 239 g/mol. The molecule has 0 radical (unpaired) electrons. The lowest BCUT2D eigenvalue weighted by molar-refractivity contribution is 0.0176. The molecule has 3 fully saturated rings. The van der Waals surface area contributed by atoms with Crippen LogP contribution in [0.1, 0.15) is 45.4 Å². The summed E-state index contributed by atoms with van der Waals surface area (Å²) in [6.07, 6.45) is 8.56. The minimum Gasteiger partial charge on any atom is -0.381 e. The summed E-state index contributed by atoms with van der Waals surface area (Å²) in [6.45, 7) is 5.20. The van der Waals surface area contributed by atoms with Crippen molar-refractivity contribution in [2.24, 2.45) is 5.41 Å². The van der Waals surface area contributed by atoms with Crippen molar-refractivity contribution in [3.8, 4) is 0 Å². The van der Waals surface area contributed by atoms with E-state index < -0.39 is 0 Å². The lowest BCUT2D eigenvalue weighted by Crippen LogP contribution is -2.38. The number of hydrogen-bond acceptors (Lipinski definition) is 3. The van der Waals surface area contributed by atoms with Gasteiger partial charge in [0, 0.05) is 24.6 Å². The van der Waals surface area contributed by atoms with E-state index in [1.807, 2.05) is 0 Å². The summed E-state index contributed by atoms with van der Waals surface area (Å²) in [4.78, 5) is 0. The van der Waals surface area contributed by atoms with Crippen LogP contribution < -0.4 is 5.32 Å². The van der Waals surface area contributed by atoms with E-state index in [2.05, 4.69) is 12.2 Å². The third-order valence-corrected chi connectivity index (χ3v) is 4.51. The highest BCUT2D eigenvalue weighted by molar-refractivity contribution is 4.92. The second kappa shape index (κ2) is 4.87. The fourth-order valence-electron chi connectivity index (χ4n) is 3.19. The van der Waals surface area contributed by atoms with Gasteiger partial charge < -0.3 is 14.8 Å². The third-order valence-electron chi connectivity index (χ3n) is 4.51. The van der Waals surface area contributed by atoms with Crippen LogP contribution in [0.5, 0.6) is 0 Å². The Morgan fingerprint density at radius 1 is 1.24 bits per heavy atom. The summed E-state index contributed by atoms with van der Waals surface area (Å²) in [6, 6.07) is 0.802. The molecule has 17 heavy (non-hydrogen) atoms. The minimum absolute atomic E-state index is 0.358. The van der Waals surface area contributed by atoms with Gasteiger partial charge in [-0.3, -0.25) is 0 Å². The normalized spacial score (nSPS) is 42.2. The molecule has 1 N–H and O–H groups in total. The van der Waals surface area contributed by atoms with Gasteiger partial charge in [-0.1, -0.05) is 0 Å². The maximum absolute atomic E-state index is 5.99. The van der Waals surface area contributed by atoms with Crippen LogP contribution in [0, 0.1) is 5.41 Å². The molecular formula is C14H25NO2. The maximum Gasteiger partial charge on any atom is 0.0586 e. The van der Waals surface area contributed by atoms with E-state index >= 15 is 0 Å². The number of ether oxygens (including phenoxy) is 2. The van der Waals surface area contributed by atoms with Crippen LogP contribution in [0.3, 0.4) is 0 Å². The Balaban J connectivity index is 1.54. The summed E-state index contributed by atoms with van der Waals surface area (Å²) in [5.41, 5.74) is 0.358. The van der Waals surface area contributed by atoms with Gasteiger partial charge >= 0.3 is 0 Å². The molecule has 3 heteroatoms. The van der Waals surface area contributed by atoms with E-state index in [1.54, 1.807) is 0 Å². The van der Waals surface area contributed by atoms with Crippen LogP contribution in [0.2, 0.25) is 0 Å². The zero-order valence-corrected chi connectivity index (χ0v) is 10.9. The van der Waals surface area contributed by atoms with Crippen LogP contribution in [-0.4, -0.2) is 38.0 Å². The Hall–Kier alpha value is -0.120.